The molecule has 6 saturated heterocycles. The highest BCUT2D eigenvalue weighted by Crippen LogP contribution is 2.68. The molecule has 780 valence electrons. The normalized spacial score (nSPS) is 26.2. The number of hydrogen-bond donors (Lipinski definition) is 4. The number of phosphoric acid groups is 9. The van der Waals surface area contributed by atoms with Crippen molar-refractivity contribution < 1.29 is 190 Å². The zero-order valence-electron chi connectivity index (χ0n) is 74.3. The summed E-state index contributed by atoms with van der Waals surface area (Å²) in [6.45, 7) is -2.57. The van der Waals surface area contributed by atoms with Crippen LogP contribution in [-0.2, 0) is 151 Å². The van der Waals surface area contributed by atoms with E-state index in [2.05, 4.69) is 79.6 Å². The lowest BCUT2D eigenvalue weighted by Crippen LogP contribution is -2.32. The quantitative estimate of drug-likeness (QED) is 0.0352. The average molecular weight is 2230 g/mol. The fourth-order valence-corrected chi connectivity index (χ4v) is 27.7. The molecule has 67 heteroatoms. The number of hydrogen-bond acceptors (Lipinski definition) is 53. The molecular weight excluding hydrogens is 2150 g/mol. The first-order valence-electron chi connectivity index (χ1n) is 42.8. The minimum Gasteiger partial charge on any atom is -0.761 e. The number of nitrogens with two attached hydrogens (primary N) is 3. The fraction of sp³-hybridized carbons (Fsp3) is 0.263. The Morgan fingerprint density at radius 1 is 0.293 bits per heavy atom. The highest BCUT2D eigenvalue weighted by atomic mass is 31.3. The van der Waals surface area contributed by atoms with Gasteiger partial charge in [0.2, 0.25) is 7.75 Å². The predicted molar refractivity (Wildman–Crippen MR) is 483 cm³/mol. The largest absolute Gasteiger partial charge is 0.761 e. The fourth-order valence-electron chi connectivity index (χ4n) is 16.1. The number of phosphoric ester groups is 5. The van der Waals surface area contributed by atoms with Gasteiger partial charge in [0.15, 0.2) is 71.9 Å². The predicted octanol–water partition coefficient (Wildman–Crippen LogP) is 5.40. The molecule has 25 atom stereocenters. The lowest BCUT2D eigenvalue weighted by molar-refractivity contribution is -0.256. The second-order valence-corrected chi connectivity index (χ2v) is 47.0. The molecule has 16 unspecified atom stereocenters. The Labute approximate surface area is 827 Å². The molecule has 20 rings (SSSR count). The van der Waals surface area contributed by atoms with E-state index in [0.717, 1.165) is 22.1 Å². The van der Waals surface area contributed by atoms with Gasteiger partial charge in [-0.1, -0.05) is 170 Å². The Kier molecular flexibility index (Phi) is 31.7. The van der Waals surface area contributed by atoms with Gasteiger partial charge in [-0.25, -0.2) is 70.7 Å². The van der Waals surface area contributed by atoms with E-state index < -0.39 is 190 Å². The molecular formula is C80H74N16O41P10-10. The number of nitrogens with zero attached hydrogens (tertiary/aromatic N) is 12. The van der Waals surface area contributed by atoms with E-state index in [-0.39, 0.29) is 63.3 Å². The van der Waals surface area contributed by atoms with Crippen molar-refractivity contribution in [1.29, 1.82) is 0 Å². The van der Waals surface area contributed by atoms with Crippen LogP contribution in [0.15, 0.2) is 244 Å². The van der Waals surface area contributed by atoms with E-state index in [1.54, 1.807) is 54.6 Å². The van der Waals surface area contributed by atoms with Gasteiger partial charge in [-0.15, -0.1) is 0 Å². The van der Waals surface area contributed by atoms with Crippen molar-refractivity contribution >= 4 is 156 Å². The van der Waals surface area contributed by atoms with Gasteiger partial charge >= 0.3 is 15.6 Å². The standard InChI is InChI=1S/C28H29N5O16P4.C28H28N5O13P3.C24H27N6O12P3/c29-26-23-27(31-15-30-26)33(16-32-23)28-25-24(44-22(45-25)12-17-6-2-1-3-7-17)21(43-28)14-42-50(34,35)47-52(38,39)49-53(40,41)48-51(36,37)46-20-11-10-18-8-4-5-9-19(18)13-20;29-26-23-27(31-15-30-26)33(16-32-23)28-25-24(42-22(43-25)12-17-6-2-1-3-7-17)21(41-28)14-40-47(34,35)45-49(38,39)46-48(36,37)44-20-11-10-18-8-4-5-9-19(18)13-20;25-22-19-23(27-13-26-22)30(14-28-19)24-21-20(39-18(40-21)11-15-7-3-1-4-8-15)17(38-24)12-37-44(33,34)42-45(35,36)41-43(31,32)29-16-9-5-2-6-10-16/h1-11,13,15-16,21-22,24-25,28H,12,14H2,(H,34,35)(H,36,37)(H,38,39)(H,40,41)(H2,29,30,31);1-11,13,15-16,21-22,24-25,28H,12,14H2,(H,34,35)(H,36,37)(H,38,39)(H2,29,30,31);1-10,13-14,17-18,20-21,24H,11-12H2,(H,33,34)(H,35,36)(H2,25,26,27)(H2,29,31,32)/p-10/t2*21-,22?,24+,25?,28-;17-,18?,20+,21?,24-/m111/s1. The third-order valence-corrected chi connectivity index (χ3v) is 36.0. The Morgan fingerprint density at radius 3 is 0.884 bits per heavy atom. The lowest BCUT2D eigenvalue weighted by atomic mass is 10.1. The molecule has 0 amide bonds. The third kappa shape index (κ3) is 26.7. The van der Waals surface area contributed by atoms with E-state index >= 15 is 0 Å². The molecule has 147 heavy (non-hydrogen) atoms. The molecule has 0 aliphatic carbocycles. The average Bonchev–Trinajstić information content (AvgIpc) is 1.60. The number of para-hydroxylation sites is 1. The van der Waals surface area contributed by atoms with Crippen molar-refractivity contribution in [2.45, 2.75) is 112 Å². The van der Waals surface area contributed by atoms with Crippen molar-refractivity contribution in [1.82, 2.24) is 58.6 Å². The van der Waals surface area contributed by atoms with Crippen LogP contribution in [-0.4, -0.2) is 152 Å². The second kappa shape index (κ2) is 43.7. The summed E-state index contributed by atoms with van der Waals surface area (Å²) in [5.41, 5.74) is 22.0. The minimum atomic E-state index is -6.45. The molecule has 57 nitrogen and oxygen atoms in total. The van der Waals surface area contributed by atoms with Crippen molar-refractivity contribution in [2.24, 2.45) is 0 Å². The van der Waals surface area contributed by atoms with Gasteiger partial charge in [0.05, 0.1) is 38.8 Å². The molecule has 6 aromatic heterocycles. The maximum atomic E-state index is 12.6. The topological polar surface area (TPSA) is 816 Å². The zero-order valence-corrected chi connectivity index (χ0v) is 83.3. The first kappa shape index (κ1) is 107. The number of benzene rings is 8. The smallest absolute Gasteiger partial charge is 0.326 e. The van der Waals surface area contributed by atoms with Gasteiger partial charge < -0.3 is 136 Å². The van der Waals surface area contributed by atoms with E-state index in [1.807, 2.05) is 96.1 Å². The Hall–Kier alpha value is -10.1. The number of ether oxygens (including phenoxy) is 9. The van der Waals surface area contributed by atoms with Crippen molar-refractivity contribution in [3.05, 3.63) is 261 Å². The van der Waals surface area contributed by atoms with Gasteiger partial charge in [0, 0.05) is 24.9 Å². The molecule has 0 saturated carbocycles. The summed E-state index contributed by atoms with van der Waals surface area (Å²) in [5.74, 6) is -0.366. The van der Waals surface area contributed by atoms with E-state index in [1.165, 1.54) is 112 Å². The van der Waals surface area contributed by atoms with E-state index in [0.29, 0.717) is 40.3 Å². The molecule has 12 heterocycles. The highest BCUT2D eigenvalue weighted by Gasteiger charge is 2.58. The molecule has 0 bridgehead atoms. The summed E-state index contributed by atoms with van der Waals surface area (Å²) in [7, 11) is -59.5. The molecule has 0 spiro atoms. The number of anilines is 4. The van der Waals surface area contributed by atoms with E-state index in [9.17, 15) is 94.6 Å². The second-order valence-electron chi connectivity index (χ2n) is 32.1. The van der Waals surface area contributed by atoms with Crippen LogP contribution < -0.4 is 80.3 Å². The molecule has 6 aliphatic heterocycles. The van der Waals surface area contributed by atoms with Crippen LogP contribution in [0.5, 0.6) is 11.5 Å². The summed E-state index contributed by atoms with van der Waals surface area (Å²) in [4.78, 5) is 161. The molecule has 7 N–H and O–H groups in total. The minimum absolute atomic E-state index is 0.0379. The first-order chi connectivity index (χ1) is 69.8. The number of aromatic nitrogens is 12. The van der Waals surface area contributed by atoms with Gasteiger partial charge in [-0.2, -0.15) is 0 Å². The number of fused-ring (bicyclic) bond motifs is 8. The Bertz CT molecular complexity index is 7670. The Balaban J connectivity index is 0.000000145. The van der Waals surface area contributed by atoms with Crippen LogP contribution in [0.3, 0.4) is 0 Å². The highest BCUT2D eigenvalue weighted by molar-refractivity contribution is 7.69. The van der Waals surface area contributed by atoms with Crippen LogP contribution >= 0.6 is 78.2 Å². The Morgan fingerprint density at radius 2 is 0.565 bits per heavy atom. The number of nitrogen functional groups attached to an aromatic ring is 3. The number of rotatable bonds is 38. The summed E-state index contributed by atoms with van der Waals surface area (Å²) in [6.07, 6.45) is -5.60. The van der Waals surface area contributed by atoms with Crippen molar-refractivity contribution in [2.75, 3.05) is 42.1 Å². The molecule has 0 radical (unpaired) electrons. The number of imidazole rings is 3. The maximum Gasteiger partial charge on any atom is 0.326 e. The zero-order chi connectivity index (χ0) is 104. The lowest BCUT2D eigenvalue weighted by Gasteiger charge is -2.36. The SMILES string of the molecule is Nc1ncnc2c1ncn2[C@@H]1O[C@H](COP(=O)([O-])OP(=O)([O-])OP(=O)([O-])Nc2ccccc2)[C@@H]2OC(Cc3ccccc3)OC21.Nc1ncnc2c1ncn2[C@@H]1O[C@H](COP(=O)([O-])OP(=O)([O-])OP(=O)([O-])OP(=O)([O-])Oc2ccc3ccccc3c2)[C@@H]2OC(Cc3ccccc3)OC21.Nc1ncnc2c1ncn2[C@@H]1O[C@H](COP(=O)([O-])OP(=O)([O-])OP(=O)([O-])Oc2ccc3ccccc3c2)[C@@H]2OC(Cc3ccccc3)OC21. The summed E-state index contributed by atoms with van der Waals surface area (Å²) >= 11 is 0. The monoisotopic (exact) mass is 2220 g/mol. The van der Waals surface area contributed by atoms with Crippen molar-refractivity contribution in [3.8, 4) is 11.5 Å². The summed E-state index contributed by atoms with van der Waals surface area (Å²) < 4.78 is 234. The van der Waals surface area contributed by atoms with Gasteiger partial charge in [0.1, 0.15) is 102 Å². The third-order valence-electron chi connectivity index (χ3n) is 21.9. The van der Waals surface area contributed by atoms with Crippen LogP contribution in [0.2, 0.25) is 0 Å². The summed E-state index contributed by atoms with van der Waals surface area (Å²) in [6, 6.07) is 56.4. The van der Waals surface area contributed by atoms with Crippen LogP contribution in [0.1, 0.15) is 35.4 Å². The van der Waals surface area contributed by atoms with Crippen molar-refractivity contribution in [3.63, 3.8) is 0 Å². The molecule has 8 aromatic carbocycles. The van der Waals surface area contributed by atoms with Gasteiger partial charge in [0.25, 0.3) is 54.8 Å². The van der Waals surface area contributed by atoms with Gasteiger partial charge in [-0.3, -0.25) is 63.7 Å². The van der Waals surface area contributed by atoms with Crippen LogP contribution in [0.4, 0.5) is 23.1 Å². The van der Waals surface area contributed by atoms with Gasteiger partial charge in [-0.05, 0) is 74.6 Å². The number of nitrogens with one attached hydrogen (secondary N) is 1. The molecule has 14 aromatic rings. The van der Waals surface area contributed by atoms with E-state index in [4.69, 9.17) is 77.9 Å². The molecule has 6 fully saturated rings. The first-order valence-corrected chi connectivity index (χ1v) is 57.5. The van der Waals surface area contributed by atoms with Crippen LogP contribution in [0.25, 0.3) is 55.0 Å². The summed E-state index contributed by atoms with van der Waals surface area (Å²) in [5, 5.41) is 4.37. The van der Waals surface area contributed by atoms with Crippen LogP contribution in [0, 0.1) is 0 Å². The maximum absolute atomic E-state index is 12.6. The molecule has 6 aliphatic rings.